The van der Waals surface area contributed by atoms with Crippen molar-refractivity contribution in [2.45, 2.75) is 25.1 Å². The third-order valence-electron chi connectivity index (χ3n) is 4.39. The van der Waals surface area contributed by atoms with Crippen LogP contribution in [0.4, 0.5) is 5.69 Å². The number of benzene rings is 2. The molecule has 0 aromatic heterocycles. The predicted octanol–water partition coefficient (Wildman–Crippen LogP) is 3.90. The predicted molar refractivity (Wildman–Crippen MR) is 97.7 cm³/mol. The highest BCUT2D eigenvalue weighted by Gasteiger charge is 2.34. The number of carbonyl (C=O) groups excluding carboxylic acids is 1. The first-order valence-electron chi connectivity index (χ1n) is 7.91. The fourth-order valence-corrected chi connectivity index (χ4v) is 4.33. The Morgan fingerprint density at radius 1 is 1.22 bits per heavy atom. The molecule has 3 rings (SSSR count). The van der Waals surface area contributed by atoms with E-state index >= 15 is 0 Å². The maximum Gasteiger partial charge on any atom is 0.254 e. The van der Waals surface area contributed by atoms with Crippen LogP contribution >= 0.6 is 11.8 Å². The van der Waals surface area contributed by atoms with Gasteiger partial charge in [-0.05, 0) is 30.2 Å². The van der Waals surface area contributed by atoms with Crippen LogP contribution in [0.1, 0.15) is 34.5 Å². The molecular weight excluding hydrogens is 304 g/mol. The minimum absolute atomic E-state index is 0.0794. The molecule has 0 radical (unpaired) electrons. The van der Waals surface area contributed by atoms with Gasteiger partial charge in [0.2, 0.25) is 0 Å². The van der Waals surface area contributed by atoms with Gasteiger partial charge in [-0.25, -0.2) is 0 Å². The molecule has 0 spiro atoms. The highest BCUT2D eigenvalue weighted by atomic mass is 32.2. The number of hydrogen-bond acceptors (Lipinski definition) is 3. The Kier molecular flexibility index (Phi) is 4.62. The van der Waals surface area contributed by atoms with Gasteiger partial charge in [-0.2, -0.15) is 11.8 Å². The van der Waals surface area contributed by atoms with E-state index in [9.17, 15) is 4.79 Å². The Bertz CT molecular complexity index is 702. The fraction of sp³-hybridized carbons (Fsp3) is 0.316. The van der Waals surface area contributed by atoms with Gasteiger partial charge in [-0.1, -0.05) is 43.3 Å². The van der Waals surface area contributed by atoms with E-state index in [2.05, 4.69) is 19.1 Å². The van der Waals surface area contributed by atoms with Crippen molar-refractivity contribution in [1.29, 1.82) is 0 Å². The van der Waals surface area contributed by atoms with Crippen molar-refractivity contribution in [3.63, 3.8) is 0 Å². The Labute approximate surface area is 141 Å². The van der Waals surface area contributed by atoms with Crippen LogP contribution in [0.5, 0.6) is 0 Å². The lowest BCUT2D eigenvalue weighted by atomic mass is 9.99. The number of nitrogen functional groups attached to an aromatic ring is 1. The molecule has 1 fully saturated rings. The SMILES string of the molecule is Cc1ccc(N)cc1C(=O)N1CCSC(C)C1c1ccccc1. The van der Waals surface area contributed by atoms with Crippen LogP contribution in [0.15, 0.2) is 48.5 Å². The topological polar surface area (TPSA) is 46.3 Å². The summed E-state index contributed by atoms with van der Waals surface area (Å²) in [5.74, 6) is 1.05. The first-order chi connectivity index (χ1) is 11.1. The van der Waals surface area contributed by atoms with Gasteiger partial charge in [0.25, 0.3) is 5.91 Å². The number of hydrogen-bond donors (Lipinski definition) is 1. The number of nitrogens with zero attached hydrogens (tertiary/aromatic N) is 1. The number of amides is 1. The van der Waals surface area contributed by atoms with E-state index in [4.69, 9.17) is 5.73 Å². The maximum atomic E-state index is 13.2. The van der Waals surface area contributed by atoms with Crippen LogP contribution in [-0.4, -0.2) is 28.4 Å². The van der Waals surface area contributed by atoms with Gasteiger partial charge in [-0.15, -0.1) is 0 Å². The van der Waals surface area contributed by atoms with Gasteiger partial charge in [0.15, 0.2) is 0 Å². The molecule has 1 aliphatic heterocycles. The Hall–Kier alpha value is -1.94. The molecule has 2 aromatic carbocycles. The summed E-state index contributed by atoms with van der Waals surface area (Å²) in [4.78, 5) is 15.2. The molecule has 0 aliphatic carbocycles. The summed E-state index contributed by atoms with van der Waals surface area (Å²) >= 11 is 1.93. The van der Waals surface area contributed by atoms with Crippen LogP contribution in [0.25, 0.3) is 0 Å². The second kappa shape index (κ2) is 6.67. The molecule has 0 saturated carbocycles. The molecule has 2 N–H and O–H groups in total. The molecule has 1 amide bonds. The number of thioether (sulfide) groups is 1. The van der Waals surface area contributed by atoms with E-state index in [0.717, 1.165) is 17.9 Å². The Balaban J connectivity index is 1.98. The first-order valence-corrected chi connectivity index (χ1v) is 8.96. The van der Waals surface area contributed by atoms with Crippen LogP contribution in [-0.2, 0) is 0 Å². The van der Waals surface area contributed by atoms with Gasteiger partial charge in [0, 0.05) is 28.8 Å². The molecule has 2 aromatic rings. The van der Waals surface area contributed by atoms with Crippen molar-refractivity contribution in [3.05, 3.63) is 65.2 Å². The summed E-state index contributed by atoms with van der Waals surface area (Å²) in [5, 5.41) is 0.372. The van der Waals surface area contributed by atoms with Crippen molar-refractivity contribution < 1.29 is 4.79 Å². The van der Waals surface area contributed by atoms with Crippen molar-refractivity contribution in [2.24, 2.45) is 0 Å². The summed E-state index contributed by atoms with van der Waals surface area (Å²) in [7, 11) is 0. The lowest BCUT2D eigenvalue weighted by Crippen LogP contribution is -2.44. The number of aryl methyl sites for hydroxylation is 1. The second-order valence-electron chi connectivity index (χ2n) is 6.00. The van der Waals surface area contributed by atoms with E-state index < -0.39 is 0 Å². The fourth-order valence-electron chi connectivity index (χ4n) is 3.17. The van der Waals surface area contributed by atoms with E-state index in [0.29, 0.717) is 16.5 Å². The third-order valence-corrected chi connectivity index (χ3v) is 5.59. The van der Waals surface area contributed by atoms with Gasteiger partial charge in [0.1, 0.15) is 0 Å². The lowest BCUT2D eigenvalue weighted by Gasteiger charge is -2.40. The molecular formula is C19H22N2OS. The second-order valence-corrected chi connectivity index (χ2v) is 7.49. The quantitative estimate of drug-likeness (QED) is 0.852. The molecule has 1 saturated heterocycles. The van der Waals surface area contributed by atoms with E-state index in [1.54, 1.807) is 6.07 Å². The highest BCUT2D eigenvalue weighted by molar-refractivity contribution is 8.00. The number of nitrogens with two attached hydrogens (primary N) is 1. The highest BCUT2D eigenvalue weighted by Crippen LogP contribution is 2.37. The van der Waals surface area contributed by atoms with Crippen molar-refractivity contribution in [2.75, 3.05) is 18.0 Å². The lowest BCUT2D eigenvalue weighted by molar-refractivity contribution is 0.0680. The van der Waals surface area contributed by atoms with Gasteiger partial charge in [-0.3, -0.25) is 4.79 Å². The summed E-state index contributed by atoms with van der Waals surface area (Å²) in [6, 6.07) is 16.0. The number of anilines is 1. The minimum Gasteiger partial charge on any atom is -0.399 e. The summed E-state index contributed by atoms with van der Waals surface area (Å²) in [6.07, 6.45) is 0. The van der Waals surface area contributed by atoms with Gasteiger partial charge < -0.3 is 10.6 Å². The summed E-state index contributed by atoms with van der Waals surface area (Å²) in [5.41, 5.74) is 9.41. The number of carbonyl (C=O) groups is 1. The smallest absolute Gasteiger partial charge is 0.254 e. The van der Waals surface area contributed by atoms with E-state index in [1.807, 2.05) is 53.9 Å². The van der Waals surface area contributed by atoms with Gasteiger partial charge in [0.05, 0.1) is 6.04 Å². The van der Waals surface area contributed by atoms with Crippen molar-refractivity contribution >= 4 is 23.4 Å². The molecule has 2 atom stereocenters. The summed E-state index contributed by atoms with van der Waals surface area (Å²) in [6.45, 7) is 4.93. The third kappa shape index (κ3) is 3.22. The van der Waals surface area contributed by atoms with Crippen LogP contribution in [0.3, 0.4) is 0 Å². The Morgan fingerprint density at radius 3 is 2.70 bits per heavy atom. The molecule has 120 valence electrons. The zero-order valence-electron chi connectivity index (χ0n) is 13.5. The largest absolute Gasteiger partial charge is 0.399 e. The molecule has 2 unspecified atom stereocenters. The zero-order chi connectivity index (χ0) is 16.4. The normalized spacial score (nSPS) is 21.2. The zero-order valence-corrected chi connectivity index (χ0v) is 14.3. The average molecular weight is 326 g/mol. The van der Waals surface area contributed by atoms with Crippen LogP contribution in [0, 0.1) is 6.92 Å². The van der Waals surface area contributed by atoms with Crippen LogP contribution in [0.2, 0.25) is 0 Å². The number of rotatable bonds is 2. The molecule has 1 aliphatic rings. The average Bonchev–Trinajstić information content (AvgIpc) is 2.57. The summed E-state index contributed by atoms with van der Waals surface area (Å²) < 4.78 is 0. The van der Waals surface area contributed by atoms with Crippen molar-refractivity contribution in [1.82, 2.24) is 4.90 Å². The van der Waals surface area contributed by atoms with E-state index in [-0.39, 0.29) is 11.9 Å². The molecule has 23 heavy (non-hydrogen) atoms. The minimum atomic E-state index is 0.0794. The van der Waals surface area contributed by atoms with Crippen LogP contribution < -0.4 is 5.73 Å². The maximum absolute atomic E-state index is 13.2. The molecule has 4 heteroatoms. The molecule has 0 bridgehead atoms. The molecule has 1 heterocycles. The standard InChI is InChI=1S/C19H22N2OS/c1-13-8-9-16(20)12-17(13)19(22)21-10-11-23-14(2)18(21)15-6-4-3-5-7-15/h3-9,12,14,18H,10-11,20H2,1-2H3. The van der Waals surface area contributed by atoms with E-state index in [1.165, 1.54) is 5.56 Å². The first kappa shape index (κ1) is 15.9. The molecule has 3 nitrogen and oxygen atoms in total. The monoisotopic (exact) mass is 326 g/mol. The van der Waals surface area contributed by atoms with Crippen molar-refractivity contribution in [3.8, 4) is 0 Å². The van der Waals surface area contributed by atoms with Gasteiger partial charge >= 0.3 is 0 Å². The Morgan fingerprint density at radius 2 is 1.96 bits per heavy atom.